The first-order valence-electron chi connectivity index (χ1n) is 8.45. The van der Waals surface area contributed by atoms with Crippen LogP contribution in [-0.4, -0.2) is 43.7 Å². The number of carbonyl (C=O) groups excluding carboxylic acids is 2. The molecule has 0 aromatic carbocycles. The molecule has 2 rings (SSSR count). The fraction of sp³-hybridized carbons (Fsp3) is 0.611. The summed E-state index contributed by atoms with van der Waals surface area (Å²) >= 11 is 0. The summed E-state index contributed by atoms with van der Waals surface area (Å²) in [7, 11) is 1.60. The quantitative estimate of drug-likeness (QED) is 0.569. The SMILES string of the molecule is COCCOc1cc(CNC(=O)[C@H]2C(=O)NC[C@H]2C(C)(C)C)ccn1. The third kappa shape index (κ3) is 5.16. The van der Waals surface area contributed by atoms with E-state index in [0.29, 0.717) is 32.2 Å². The van der Waals surface area contributed by atoms with Gasteiger partial charge in [-0.1, -0.05) is 20.8 Å². The van der Waals surface area contributed by atoms with Crippen LogP contribution in [0.4, 0.5) is 0 Å². The molecule has 2 heterocycles. The minimum atomic E-state index is -0.653. The molecule has 0 unspecified atom stereocenters. The summed E-state index contributed by atoms with van der Waals surface area (Å²) in [6.45, 7) is 7.89. The van der Waals surface area contributed by atoms with Gasteiger partial charge in [-0.25, -0.2) is 4.98 Å². The Balaban J connectivity index is 1.95. The average Bonchev–Trinajstić information content (AvgIpc) is 2.95. The topological polar surface area (TPSA) is 89.5 Å². The Morgan fingerprint density at radius 3 is 2.84 bits per heavy atom. The van der Waals surface area contributed by atoms with E-state index in [-0.39, 0.29) is 23.1 Å². The molecule has 0 saturated carbocycles. The van der Waals surface area contributed by atoms with Gasteiger partial charge < -0.3 is 20.1 Å². The average molecular weight is 349 g/mol. The number of hydrogen-bond acceptors (Lipinski definition) is 5. The zero-order valence-electron chi connectivity index (χ0n) is 15.3. The van der Waals surface area contributed by atoms with E-state index < -0.39 is 5.92 Å². The van der Waals surface area contributed by atoms with Gasteiger partial charge in [0, 0.05) is 38.4 Å². The van der Waals surface area contributed by atoms with Crippen molar-refractivity contribution in [2.45, 2.75) is 27.3 Å². The highest BCUT2D eigenvalue weighted by molar-refractivity contribution is 6.02. The van der Waals surface area contributed by atoms with Gasteiger partial charge in [-0.15, -0.1) is 0 Å². The van der Waals surface area contributed by atoms with E-state index in [9.17, 15) is 9.59 Å². The van der Waals surface area contributed by atoms with Crippen LogP contribution in [0.25, 0.3) is 0 Å². The number of hydrogen-bond donors (Lipinski definition) is 2. The molecule has 0 aliphatic carbocycles. The van der Waals surface area contributed by atoms with Crippen LogP contribution in [0, 0.1) is 17.3 Å². The number of methoxy groups -OCH3 is 1. The standard InChI is InChI=1S/C18H27N3O4/c1-18(2,3)13-11-21-17(23)15(13)16(22)20-10-12-5-6-19-14(9-12)25-8-7-24-4/h5-6,9,13,15H,7-8,10-11H2,1-4H3,(H,20,22)(H,21,23)/t13-,15+/m1/s1. The van der Waals surface area contributed by atoms with Gasteiger partial charge in [0.05, 0.1) is 6.61 Å². The molecule has 1 aliphatic heterocycles. The van der Waals surface area contributed by atoms with E-state index in [4.69, 9.17) is 9.47 Å². The second-order valence-electron chi connectivity index (χ2n) is 7.26. The normalized spacial score (nSPS) is 20.2. The predicted molar refractivity (Wildman–Crippen MR) is 92.9 cm³/mol. The summed E-state index contributed by atoms with van der Waals surface area (Å²) < 4.78 is 10.4. The maximum Gasteiger partial charge on any atom is 0.233 e. The molecule has 25 heavy (non-hydrogen) atoms. The van der Waals surface area contributed by atoms with Gasteiger partial charge in [0.15, 0.2) is 0 Å². The second-order valence-corrected chi connectivity index (χ2v) is 7.26. The van der Waals surface area contributed by atoms with Crippen molar-refractivity contribution in [2.75, 3.05) is 26.9 Å². The molecular weight excluding hydrogens is 322 g/mol. The number of nitrogens with one attached hydrogen (secondary N) is 2. The maximum atomic E-state index is 12.5. The Morgan fingerprint density at radius 2 is 2.16 bits per heavy atom. The smallest absolute Gasteiger partial charge is 0.233 e. The second kappa shape index (κ2) is 8.29. The lowest BCUT2D eigenvalue weighted by Gasteiger charge is -2.29. The van der Waals surface area contributed by atoms with Gasteiger partial charge in [0.2, 0.25) is 17.7 Å². The van der Waals surface area contributed by atoms with Crippen LogP contribution in [0.15, 0.2) is 18.3 Å². The van der Waals surface area contributed by atoms with Crippen molar-refractivity contribution in [1.82, 2.24) is 15.6 Å². The highest BCUT2D eigenvalue weighted by Gasteiger charge is 2.45. The van der Waals surface area contributed by atoms with Crippen LogP contribution < -0.4 is 15.4 Å². The number of carbonyl (C=O) groups is 2. The first-order chi connectivity index (χ1) is 11.8. The van der Waals surface area contributed by atoms with Gasteiger partial charge >= 0.3 is 0 Å². The molecule has 0 radical (unpaired) electrons. The molecule has 1 fully saturated rings. The Kier molecular flexibility index (Phi) is 6.36. The lowest BCUT2D eigenvalue weighted by molar-refractivity contribution is -0.135. The monoisotopic (exact) mass is 349 g/mol. The zero-order valence-corrected chi connectivity index (χ0v) is 15.3. The summed E-state index contributed by atoms with van der Waals surface area (Å²) in [5.41, 5.74) is 0.738. The van der Waals surface area contributed by atoms with Crippen LogP contribution in [-0.2, 0) is 20.9 Å². The fourth-order valence-corrected chi connectivity index (χ4v) is 2.90. The zero-order chi connectivity index (χ0) is 18.4. The third-order valence-electron chi connectivity index (χ3n) is 4.38. The van der Waals surface area contributed by atoms with E-state index in [1.165, 1.54) is 0 Å². The molecule has 1 aromatic heterocycles. The Bertz CT molecular complexity index is 613. The molecule has 7 heteroatoms. The van der Waals surface area contributed by atoms with Crippen molar-refractivity contribution in [1.29, 1.82) is 0 Å². The van der Waals surface area contributed by atoms with Crippen LogP contribution >= 0.6 is 0 Å². The number of ether oxygens (including phenoxy) is 2. The van der Waals surface area contributed by atoms with Crippen molar-refractivity contribution in [3.05, 3.63) is 23.9 Å². The summed E-state index contributed by atoms with van der Waals surface area (Å²) in [4.78, 5) is 28.7. The third-order valence-corrected chi connectivity index (χ3v) is 4.38. The molecule has 0 bridgehead atoms. The maximum absolute atomic E-state index is 12.5. The summed E-state index contributed by atoms with van der Waals surface area (Å²) in [5, 5.41) is 5.66. The Labute approximate surface area is 148 Å². The van der Waals surface area contributed by atoms with E-state index in [1.807, 2.05) is 20.8 Å². The van der Waals surface area contributed by atoms with Crippen molar-refractivity contribution >= 4 is 11.8 Å². The Morgan fingerprint density at radius 1 is 1.40 bits per heavy atom. The van der Waals surface area contributed by atoms with E-state index in [1.54, 1.807) is 25.4 Å². The fourth-order valence-electron chi connectivity index (χ4n) is 2.90. The minimum Gasteiger partial charge on any atom is -0.475 e. The molecular formula is C18H27N3O4. The molecule has 0 spiro atoms. The lowest BCUT2D eigenvalue weighted by atomic mass is 9.74. The van der Waals surface area contributed by atoms with Crippen molar-refractivity contribution < 1.29 is 19.1 Å². The van der Waals surface area contributed by atoms with E-state index in [0.717, 1.165) is 5.56 Å². The molecule has 7 nitrogen and oxygen atoms in total. The van der Waals surface area contributed by atoms with Gasteiger partial charge in [0.25, 0.3) is 0 Å². The van der Waals surface area contributed by atoms with Gasteiger partial charge in [-0.2, -0.15) is 0 Å². The molecule has 1 saturated heterocycles. The highest BCUT2D eigenvalue weighted by Crippen LogP contribution is 2.35. The van der Waals surface area contributed by atoms with Gasteiger partial charge in [-0.3, -0.25) is 9.59 Å². The number of aromatic nitrogens is 1. The number of rotatable bonds is 7. The van der Waals surface area contributed by atoms with Crippen molar-refractivity contribution in [2.24, 2.45) is 17.3 Å². The van der Waals surface area contributed by atoms with Crippen LogP contribution in [0.1, 0.15) is 26.3 Å². The van der Waals surface area contributed by atoms with E-state index >= 15 is 0 Å². The lowest BCUT2D eigenvalue weighted by Crippen LogP contribution is -2.40. The molecule has 2 N–H and O–H groups in total. The number of nitrogens with zero attached hydrogens (tertiary/aromatic N) is 1. The summed E-state index contributed by atoms with van der Waals surface area (Å²) in [6, 6.07) is 3.57. The van der Waals surface area contributed by atoms with Crippen LogP contribution in [0.3, 0.4) is 0 Å². The summed E-state index contributed by atoms with van der Waals surface area (Å²) in [6.07, 6.45) is 1.63. The molecule has 2 atom stereocenters. The van der Waals surface area contributed by atoms with Crippen LogP contribution in [0.5, 0.6) is 5.88 Å². The van der Waals surface area contributed by atoms with E-state index in [2.05, 4.69) is 15.6 Å². The van der Waals surface area contributed by atoms with Gasteiger partial charge in [-0.05, 0) is 17.0 Å². The summed E-state index contributed by atoms with van der Waals surface area (Å²) in [5.74, 6) is -0.635. The number of pyridine rings is 1. The van der Waals surface area contributed by atoms with Gasteiger partial charge in [0.1, 0.15) is 12.5 Å². The molecule has 1 aliphatic rings. The largest absolute Gasteiger partial charge is 0.475 e. The van der Waals surface area contributed by atoms with Crippen molar-refractivity contribution in [3.8, 4) is 5.88 Å². The first-order valence-corrected chi connectivity index (χ1v) is 8.45. The molecule has 2 amide bonds. The van der Waals surface area contributed by atoms with Crippen LogP contribution in [0.2, 0.25) is 0 Å². The first kappa shape index (κ1) is 19.2. The molecule has 138 valence electrons. The van der Waals surface area contributed by atoms with Crippen molar-refractivity contribution in [3.63, 3.8) is 0 Å². The Hall–Kier alpha value is -2.15. The predicted octanol–water partition coefficient (Wildman–Crippen LogP) is 1.13. The highest BCUT2D eigenvalue weighted by atomic mass is 16.5. The molecule has 1 aromatic rings. The number of amides is 2. The minimum absolute atomic E-state index is 0.0228.